The van der Waals surface area contributed by atoms with Crippen molar-refractivity contribution < 1.29 is 9.59 Å². The van der Waals surface area contributed by atoms with E-state index in [4.69, 9.17) is 0 Å². The number of benzene rings is 2. The van der Waals surface area contributed by atoms with Crippen molar-refractivity contribution in [1.82, 2.24) is 5.32 Å². The Kier molecular flexibility index (Phi) is 4.88. The second-order valence-corrected chi connectivity index (χ2v) is 6.41. The number of halogens is 1. The van der Waals surface area contributed by atoms with E-state index in [0.717, 1.165) is 10.9 Å². The molecule has 0 saturated carbocycles. The van der Waals surface area contributed by atoms with Crippen LogP contribution in [-0.2, 0) is 16.0 Å². The van der Waals surface area contributed by atoms with Crippen LogP contribution in [0.15, 0.2) is 59.1 Å². The van der Waals surface area contributed by atoms with Gasteiger partial charge in [-0.05, 0) is 42.8 Å². The Labute approximate surface area is 143 Å². The average molecular weight is 373 g/mol. The fourth-order valence-electron chi connectivity index (χ4n) is 2.69. The monoisotopic (exact) mass is 372 g/mol. The summed E-state index contributed by atoms with van der Waals surface area (Å²) in [5.74, 6) is -0.333. The molecule has 0 aliphatic carbocycles. The lowest BCUT2D eigenvalue weighted by Crippen LogP contribution is -2.39. The second-order valence-electron chi connectivity index (χ2n) is 5.49. The number of nitrogens with zero attached hydrogens (tertiary/aromatic N) is 1. The number of amides is 2. The summed E-state index contributed by atoms with van der Waals surface area (Å²) in [6.07, 6.45) is 1.04. The highest BCUT2D eigenvalue weighted by atomic mass is 79.9. The van der Waals surface area contributed by atoms with Gasteiger partial charge in [0.2, 0.25) is 5.91 Å². The molecule has 1 aliphatic heterocycles. The van der Waals surface area contributed by atoms with E-state index in [0.29, 0.717) is 12.2 Å². The molecule has 2 aromatic carbocycles. The summed E-state index contributed by atoms with van der Waals surface area (Å²) in [5, 5.41) is 3.20. The van der Waals surface area contributed by atoms with Crippen LogP contribution in [0.3, 0.4) is 0 Å². The zero-order valence-corrected chi connectivity index (χ0v) is 14.1. The molecule has 118 valence electrons. The molecule has 1 heterocycles. The lowest BCUT2D eigenvalue weighted by Gasteiger charge is -2.15. The van der Waals surface area contributed by atoms with Crippen LogP contribution in [0, 0.1) is 0 Å². The maximum absolute atomic E-state index is 12.5. The van der Waals surface area contributed by atoms with Crippen molar-refractivity contribution in [3.63, 3.8) is 0 Å². The van der Waals surface area contributed by atoms with Crippen LogP contribution in [-0.4, -0.2) is 24.4 Å². The first-order valence-corrected chi connectivity index (χ1v) is 8.34. The number of anilines is 1. The van der Waals surface area contributed by atoms with Gasteiger partial charge in [0.15, 0.2) is 0 Å². The van der Waals surface area contributed by atoms with Gasteiger partial charge >= 0.3 is 0 Å². The Bertz CT molecular complexity index is 701. The van der Waals surface area contributed by atoms with E-state index in [1.54, 1.807) is 12.1 Å². The van der Waals surface area contributed by atoms with Gasteiger partial charge in [-0.3, -0.25) is 9.59 Å². The van der Waals surface area contributed by atoms with Crippen molar-refractivity contribution in [2.45, 2.75) is 18.9 Å². The molecule has 5 heteroatoms. The van der Waals surface area contributed by atoms with Crippen molar-refractivity contribution in [2.24, 2.45) is 0 Å². The van der Waals surface area contributed by atoms with Crippen LogP contribution in [0.1, 0.15) is 12.0 Å². The molecule has 1 fully saturated rings. The van der Waals surface area contributed by atoms with Gasteiger partial charge in [-0.1, -0.05) is 46.3 Å². The lowest BCUT2D eigenvalue weighted by molar-refractivity contribution is -0.121. The Balaban J connectivity index is 1.61. The Hall–Kier alpha value is -1.98. The molecule has 1 atom stereocenters. The number of hydrogen-bond donors (Lipinski definition) is 1. The van der Waals surface area contributed by atoms with Gasteiger partial charge in [0.05, 0.1) is 18.2 Å². The van der Waals surface area contributed by atoms with E-state index in [2.05, 4.69) is 33.4 Å². The van der Waals surface area contributed by atoms with Crippen molar-refractivity contribution >= 4 is 33.4 Å². The number of rotatable bonds is 5. The molecule has 3 rings (SSSR count). The molecule has 0 bridgehead atoms. The predicted molar refractivity (Wildman–Crippen MR) is 93.2 cm³/mol. The standard InChI is InChI=1S/C18H17BrN2O2/c19-14-6-8-15(9-7-14)21-17(22)12-16(18(21)23)20-11-10-13-4-2-1-3-5-13/h1-9,16,20H,10-12H2. The topological polar surface area (TPSA) is 49.4 Å². The van der Waals surface area contributed by atoms with E-state index in [9.17, 15) is 9.59 Å². The van der Waals surface area contributed by atoms with E-state index in [1.165, 1.54) is 10.5 Å². The average Bonchev–Trinajstić information content (AvgIpc) is 2.84. The summed E-state index contributed by atoms with van der Waals surface area (Å²) < 4.78 is 0.915. The maximum atomic E-state index is 12.5. The van der Waals surface area contributed by atoms with E-state index >= 15 is 0 Å². The van der Waals surface area contributed by atoms with Crippen LogP contribution >= 0.6 is 15.9 Å². The van der Waals surface area contributed by atoms with Crippen LogP contribution in [0.2, 0.25) is 0 Å². The first-order valence-electron chi connectivity index (χ1n) is 7.55. The molecule has 23 heavy (non-hydrogen) atoms. The quantitative estimate of drug-likeness (QED) is 0.820. The Morgan fingerprint density at radius 1 is 1.04 bits per heavy atom. The van der Waals surface area contributed by atoms with Crippen molar-refractivity contribution in [1.29, 1.82) is 0 Å². The Morgan fingerprint density at radius 3 is 2.43 bits per heavy atom. The molecule has 0 spiro atoms. The molecular formula is C18H17BrN2O2. The molecule has 1 unspecified atom stereocenters. The molecule has 1 N–H and O–H groups in total. The molecule has 2 aromatic rings. The number of nitrogens with one attached hydrogen (secondary N) is 1. The molecule has 0 aromatic heterocycles. The Morgan fingerprint density at radius 2 is 1.74 bits per heavy atom. The van der Waals surface area contributed by atoms with Gasteiger partial charge in [-0.15, -0.1) is 0 Å². The normalized spacial score (nSPS) is 17.8. The van der Waals surface area contributed by atoms with E-state index < -0.39 is 6.04 Å². The fraction of sp³-hybridized carbons (Fsp3) is 0.222. The smallest absolute Gasteiger partial charge is 0.251 e. The second kappa shape index (κ2) is 7.06. The summed E-state index contributed by atoms with van der Waals surface area (Å²) in [5.41, 5.74) is 1.83. The predicted octanol–water partition coefficient (Wildman–Crippen LogP) is 2.91. The highest BCUT2D eigenvalue weighted by Gasteiger charge is 2.39. The number of carbonyl (C=O) groups excluding carboxylic acids is 2. The third kappa shape index (κ3) is 3.68. The lowest BCUT2D eigenvalue weighted by atomic mass is 10.1. The van der Waals surface area contributed by atoms with Gasteiger partial charge in [-0.2, -0.15) is 0 Å². The van der Waals surface area contributed by atoms with E-state index in [-0.39, 0.29) is 18.2 Å². The van der Waals surface area contributed by atoms with Gasteiger partial charge in [-0.25, -0.2) is 4.90 Å². The fourth-order valence-corrected chi connectivity index (χ4v) is 2.95. The van der Waals surface area contributed by atoms with Crippen LogP contribution in [0.5, 0.6) is 0 Å². The zero-order chi connectivity index (χ0) is 16.2. The molecule has 2 amide bonds. The van der Waals surface area contributed by atoms with E-state index in [1.807, 2.05) is 30.3 Å². The SMILES string of the molecule is O=C1CC(NCCc2ccccc2)C(=O)N1c1ccc(Br)cc1. The van der Waals surface area contributed by atoms with Crippen molar-refractivity contribution in [2.75, 3.05) is 11.4 Å². The molecular weight excluding hydrogens is 356 g/mol. The summed E-state index contributed by atoms with van der Waals surface area (Å²) in [6, 6.07) is 16.8. The van der Waals surface area contributed by atoms with Crippen LogP contribution in [0.4, 0.5) is 5.69 Å². The number of carbonyl (C=O) groups is 2. The molecule has 1 saturated heterocycles. The summed E-state index contributed by atoms with van der Waals surface area (Å²) >= 11 is 3.35. The number of hydrogen-bond acceptors (Lipinski definition) is 3. The van der Waals surface area contributed by atoms with Gasteiger partial charge in [0.1, 0.15) is 0 Å². The highest BCUT2D eigenvalue weighted by Crippen LogP contribution is 2.24. The minimum absolute atomic E-state index is 0.158. The first-order chi connectivity index (χ1) is 11.1. The van der Waals surface area contributed by atoms with Gasteiger partial charge < -0.3 is 5.32 Å². The van der Waals surface area contributed by atoms with Crippen molar-refractivity contribution in [3.8, 4) is 0 Å². The molecule has 4 nitrogen and oxygen atoms in total. The van der Waals surface area contributed by atoms with Crippen molar-refractivity contribution in [3.05, 3.63) is 64.6 Å². The molecule has 1 aliphatic rings. The third-order valence-corrected chi connectivity index (χ3v) is 4.41. The largest absolute Gasteiger partial charge is 0.305 e. The third-order valence-electron chi connectivity index (χ3n) is 3.88. The van der Waals surface area contributed by atoms with Crippen LogP contribution in [0.25, 0.3) is 0 Å². The zero-order valence-electron chi connectivity index (χ0n) is 12.5. The van der Waals surface area contributed by atoms with Gasteiger partial charge in [0, 0.05) is 4.47 Å². The summed E-state index contributed by atoms with van der Waals surface area (Å²) in [7, 11) is 0. The summed E-state index contributed by atoms with van der Waals surface area (Å²) in [6.45, 7) is 0.669. The van der Waals surface area contributed by atoms with Crippen LogP contribution < -0.4 is 10.2 Å². The first kappa shape index (κ1) is 15.9. The number of imide groups is 1. The maximum Gasteiger partial charge on any atom is 0.251 e. The highest BCUT2D eigenvalue weighted by molar-refractivity contribution is 9.10. The molecule has 0 radical (unpaired) electrons. The minimum atomic E-state index is -0.435. The summed E-state index contributed by atoms with van der Waals surface area (Å²) in [4.78, 5) is 25.9. The minimum Gasteiger partial charge on any atom is -0.305 e. The van der Waals surface area contributed by atoms with Gasteiger partial charge in [0.25, 0.3) is 5.91 Å².